The molecular formula is C13H25NO3. The van der Waals surface area contributed by atoms with Gasteiger partial charge in [0.05, 0.1) is 12.1 Å². The predicted octanol–water partition coefficient (Wildman–Crippen LogP) is 2.40. The van der Waals surface area contributed by atoms with Crippen molar-refractivity contribution in [1.29, 1.82) is 0 Å². The van der Waals surface area contributed by atoms with E-state index in [1.54, 1.807) is 4.90 Å². The second-order valence-corrected chi connectivity index (χ2v) is 6.23. The maximum absolute atomic E-state index is 12.0. The van der Waals surface area contributed by atoms with Crippen LogP contribution < -0.4 is 0 Å². The molecule has 1 saturated heterocycles. The SMILES string of the molecule is CC(C)C[C@H]1[C@H](O)CCN1C(=O)OC(C)(C)C. The van der Waals surface area contributed by atoms with Gasteiger partial charge in [0, 0.05) is 6.54 Å². The Morgan fingerprint density at radius 3 is 2.53 bits per heavy atom. The van der Waals surface area contributed by atoms with Gasteiger partial charge in [-0.15, -0.1) is 0 Å². The summed E-state index contributed by atoms with van der Waals surface area (Å²) < 4.78 is 5.36. The molecule has 0 spiro atoms. The first kappa shape index (κ1) is 14.3. The highest BCUT2D eigenvalue weighted by Gasteiger charge is 2.38. The zero-order valence-corrected chi connectivity index (χ0v) is 11.6. The monoisotopic (exact) mass is 243 g/mol. The van der Waals surface area contributed by atoms with Crippen LogP contribution in [0.25, 0.3) is 0 Å². The van der Waals surface area contributed by atoms with E-state index in [0.717, 1.165) is 6.42 Å². The fourth-order valence-electron chi connectivity index (χ4n) is 2.15. The lowest BCUT2D eigenvalue weighted by Crippen LogP contribution is -2.43. The first-order valence-electron chi connectivity index (χ1n) is 6.38. The molecule has 17 heavy (non-hydrogen) atoms. The fourth-order valence-corrected chi connectivity index (χ4v) is 2.15. The molecule has 0 aliphatic carbocycles. The van der Waals surface area contributed by atoms with E-state index in [1.807, 2.05) is 20.8 Å². The maximum atomic E-state index is 12.0. The molecule has 1 aliphatic rings. The van der Waals surface area contributed by atoms with Crippen molar-refractivity contribution in [3.8, 4) is 0 Å². The Morgan fingerprint density at radius 1 is 1.47 bits per heavy atom. The van der Waals surface area contributed by atoms with E-state index >= 15 is 0 Å². The molecule has 4 heteroatoms. The van der Waals surface area contributed by atoms with Crippen molar-refractivity contribution >= 4 is 6.09 Å². The molecule has 0 radical (unpaired) electrons. The van der Waals surface area contributed by atoms with Gasteiger partial charge < -0.3 is 14.7 Å². The summed E-state index contributed by atoms with van der Waals surface area (Å²) in [5, 5.41) is 9.91. The van der Waals surface area contributed by atoms with E-state index in [2.05, 4.69) is 13.8 Å². The predicted molar refractivity (Wildman–Crippen MR) is 66.8 cm³/mol. The lowest BCUT2D eigenvalue weighted by molar-refractivity contribution is 0.0129. The van der Waals surface area contributed by atoms with E-state index in [0.29, 0.717) is 18.9 Å². The number of likely N-dealkylation sites (tertiary alicyclic amines) is 1. The molecule has 100 valence electrons. The summed E-state index contributed by atoms with van der Waals surface area (Å²) in [5.41, 5.74) is -0.479. The van der Waals surface area contributed by atoms with Crippen LogP contribution in [0.15, 0.2) is 0 Å². The molecular weight excluding hydrogens is 218 g/mol. The van der Waals surface area contributed by atoms with Crippen molar-refractivity contribution in [3.05, 3.63) is 0 Å². The van der Waals surface area contributed by atoms with Gasteiger partial charge in [-0.1, -0.05) is 13.8 Å². The van der Waals surface area contributed by atoms with Crippen LogP contribution in [0.1, 0.15) is 47.5 Å². The molecule has 0 aromatic rings. The number of amides is 1. The molecule has 1 aliphatic heterocycles. The maximum Gasteiger partial charge on any atom is 0.410 e. The molecule has 4 nitrogen and oxygen atoms in total. The average molecular weight is 243 g/mol. The van der Waals surface area contributed by atoms with E-state index in [4.69, 9.17) is 4.74 Å². The van der Waals surface area contributed by atoms with Crippen molar-refractivity contribution in [1.82, 2.24) is 4.90 Å². The van der Waals surface area contributed by atoms with Gasteiger partial charge in [0.25, 0.3) is 0 Å². The minimum atomic E-state index is -0.479. The highest BCUT2D eigenvalue weighted by atomic mass is 16.6. The lowest BCUT2D eigenvalue weighted by atomic mass is 10.0. The second-order valence-electron chi connectivity index (χ2n) is 6.23. The van der Waals surface area contributed by atoms with E-state index in [-0.39, 0.29) is 12.1 Å². The molecule has 1 amide bonds. The summed E-state index contributed by atoms with van der Waals surface area (Å²) in [6, 6.07) is -0.0927. The largest absolute Gasteiger partial charge is 0.444 e. The Balaban J connectivity index is 2.65. The Bertz CT molecular complexity index is 270. The summed E-state index contributed by atoms with van der Waals surface area (Å²) in [6.07, 6.45) is 0.751. The zero-order chi connectivity index (χ0) is 13.2. The van der Waals surface area contributed by atoms with Gasteiger partial charge in [-0.25, -0.2) is 4.79 Å². The number of nitrogens with zero attached hydrogens (tertiary/aromatic N) is 1. The van der Waals surface area contributed by atoms with E-state index in [1.165, 1.54) is 0 Å². The van der Waals surface area contributed by atoms with Crippen LogP contribution in [-0.4, -0.2) is 40.4 Å². The number of hydrogen-bond acceptors (Lipinski definition) is 3. The van der Waals surface area contributed by atoms with Gasteiger partial charge in [-0.2, -0.15) is 0 Å². The molecule has 0 saturated carbocycles. The van der Waals surface area contributed by atoms with Crippen molar-refractivity contribution in [3.63, 3.8) is 0 Å². The Kier molecular flexibility index (Phi) is 4.42. The van der Waals surface area contributed by atoms with Crippen molar-refractivity contribution < 1.29 is 14.6 Å². The van der Waals surface area contributed by atoms with Crippen LogP contribution in [0.3, 0.4) is 0 Å². The molecule has 0 aromatic carbocycles. The first-order valence-corrected chi connectivity index (χ1v) is 6.38. The van der Waals surface area contributed by atoms with E-state index in [9.17, 15) is 9.90 Å². The topological polar surface area (TPSA) is 49.8 Å². The summed E-state index contributed by atoms with van der Waals surface area (Å²) in [4.78, 5) is 13.7. The van der Waals surface area contributed by atoms with Crippen molar-refractivity contribution in [2.24, 2.45) is 5.92 Å². The minimum Gasteiger partial charge on any atom is -0.444 e. The third-order valence-electron chi connectivity index (χ3n) is 2.85. The number of ether oxygens (including phenoxy) is 1. The number of hydrogen-bond donors (Lipinski definition) is 1. The fraction of sp³-hybridized carbons (Fsp3) is 0.923. The highest BCUT2D eigenvalue weighted by molar-refractivity contribution is 5.69. The summed E-state index contributed by atoms with van der Waals surface area (Å²) in [7, 11) is 0. The zero-order valence-electron chi connectivity index (χ0n) is 11.6. The van der Waals surface area contributed by atoms with Crippen LogP contribution in [0, 0.1) is 5.92 Å². The summed E-state index contributed by atoms with van der Waals surface area (Å²) in [5.74, 6) is 0.456. The van der Waals surface area contributed by atoms with Gasteiger partial charge >= 0.3 is 6.09 Å². The van der Waals surface area contributed by atoms with Crippen molar-refractivity contribution in [2.45, 2.75) is 65.2 Å². The van der Waals surface area contributed by atoms with Gasteiger partial charge in [0.2, 0.25) is 0 Å². The number of aliphatic hydroxyl groups excluding tert-OH is 1. The van der Waals surface area contributed by atoms with Crippen LogP contribution in [-0.2, 0) is 4.74 Å². The minimum absolute atomic E-state index is 0.0927. The summed E-state index contributed by atoms with van der Waals surface area (Å²) in [6.45, 7) is 10.3. The number of carbonyl (C=O) groups is 1. The number of rotatable bonds is 2. The Hall–Kier alpha value is -0.770. The van der Waals surface area contributed by atoms with E-state index < -0.39 is 11.7 Å². The number of carbonyl (C=O) groups excluding carboxylic acids is 1. The van der Waals surface area contributed by atoms with Gasteiger partial charge in [0.15, 0.2) is 0 Å². The van der Waals surface area contributed by atoms with Crippen molar-refractivity contribution in [2.75, 3.05) is 6.54 Å². The normalized spacial score (nSPS) is 25.5. The first-order chi connectivity index (χ1) is 7.70. The van der Waals surface area contributed by atoms with Crippen LogP contribution >= 0.6 is 0 Å². The van der Waals surface area contributed by atoms with Crippen LogP contribution in [0.2, 0.25) is 0 Å². The standard InChI is InChI=1S/C13H25NO3/c1-9(2)8-10-11(15)6-7-14(10)12(16)17-13(3,4)5/h9-11,15H,6-8H2,1-5H3/t10-,11+/m0/s1. The Morgan fingerprint density at radius 2 is 2.06 bits per heavy atom. The molecule has 1 N–H and O–H groups in total. The third-order valence-corrected chi connectivity index (χ3v) is 2.85. The molecule has 2 atom stereocenters. The molecule has 0 aromatic heterocycles. The molecule has 0 unspecified atom stereocenters. The lowest BCUT2D eigenvalue weighted by Gasteiger charge is -2.30. The van der Waals surface area contributed by atoms with Gasteiger partial charge in [0.1, 0.15) is 5.60 Å². The smallest absolute Gasteiger partial charge is 0.410 e. The van der Waals surface area contributed by atoms with Gasteiger partial charge in [-0.3, -0.25) is 0 Å². The highest BCUT2D eigenvalue weighted by Crippen LogP contribution is 2.25. The molecule has 1 fully saturated rings. The van der Waals surface area contributed by atoms with Gasteiger partial charge in [-0.05, 0) is 39.5 Å². The molecule has 0 bridgehead atoms. The Labute approximate surface area is 104 Å². The second kappa shape index (κ2) is 5.25. The quantitative estimate of drug-likeness (QED) is 0.810. The third kappa shape index (κ3) is 4.19. The summed E-state index contributed by atoms with van der Waals surface area (Å²) >= 11 is 0. The number of aliphatic hydroxyl groups is 1. The van der Waals surface area contributed by atoms with Crippen LogP contribution in [0.4, 0.5) is 4.79 Å². The molecule has 1 heterocycles. The average Bonchev–Trinajstić information content (AvgIpc) is 2.44. The molecule has 1 rings (SSSR count). The van der Waals surface area contributed by atoms with Crippen LogP contribution in [0.5, 0.6) is 0 Å².